The van der Waals surface area contributed by atoms with Crippen molar-refractivity contribution < 1.29 is 14.3 Å². The summed E-state index contributed by atoms with van der Waals surface area (Å²) in [6.45, 7) is 0.386. The summed E-state index contributed by atoms with van der Waals surface area (Å²) in [5.41, 5.74) is 1.85. The molecule has 0 spiro atoms. The molecule has 1 fully saturated rings. The summed E-state index contributed by atoms with van der Waals surface area (Å²) < 4.78 is 6.68. The molecule has 4 aromatic rings. The summed E-state index contributed by atoms with van der Waals surface area (Å²) >= 11 is 21.2. The fraction of sp³-hybridized carbons (Fsp3) is 0.0357. The van der Waals surface area contributed by atoms with Gasteiger partial charge in [-0.3, -0.25) is 19.8 Å². The van der Waals surface area contributed by atoms with Crippen molar-refractivity contribution in [1.82, 2.24) is 5.32 Å². The number of rotatable bonds is 5. The first-order valence-electron chi connectivity index (χ1n) is 11.1. The third-order valence-corrected chi connectivity index (χ3v) is 7.46. The average molecular weight is 612 g/mol. The van der Waals surface area contributed by atoms with E-state index in [0.29, 0.717) is 22.4 Å². The van der Waals surface area contributed by atoms with Crippen molar-refractivity contribution in [1.29, 1.82) is 0 Å². The van der Waals surface area contributed by atoms with Crippen molar-refractivity contribution in [3.63, 3.8) is 0 Å². The van der Waals surface area contributed by atoms with Gasteiger partial charge >= 0.3 is 0 Å². The Morgan fingerprint density at radius 3 is 2.51 bits per heavy atom. The van der Waals surface area contributed by atoms with Gasteiger partial charge in [-0.1, -0.05) is 71.7 Å². The number of thiocarbonyl (C=S) groups is 1. The van der Waals surface area contributed by atoms with Crippen molar-refractivity contribution in [3.8, 4) is 5.75 Å². The van der Waals surface area contributed by atoms with E-state index in [-0.39, 0.29) is 26.4 Å². The number of carbonyl (C=O) groups is 2. The minimum absolute atomic E-state index is 0.0741. The van der Waals surface area contributed by atoms with E-state index in [1.165, 1.54) is 11.5 Å². The molecule has 0 radical (unpaired) electrons. The molecular weight excluding hydrogens is 595 g/mol. The van der Waals surface area contributed by atoms with E-state index < -0.39 is 11.8 Å². The topological polar surface area (TPSA) is 58.6 Å². The number of hydrogen-bond acceptors (Lipinski definition) is 4. The molecule has 5 nitrogen and oxygen atoms in total. The van der Waals surface area contributed by atoms with Gasteiger partial charge in [0.05, 0.1) is 20.2 Å². The normalized spacial score (nSPS) is 14.8. The van der Waals surface area contributed by atoms with E-state index in [1.54, 1.807) is 36.4 Å². The first kappa shape index (κ1) is 25.4. The van der Waals surface area contributed by atoms with Gasteiger partial charge in [0.1, 0.15) is 17.9 Å². The van der Waals surface area contributed by atoms with Crippen LogP contribution in [-0.2, 0) is 16.2 Å². The molecule has 37 heavy (non-hydrogen) atoms. The zero-order chi connectivity index (χ0) is 26.1. The molecule has 9 heteroatoms. The van der Waals surface area contributed by atoms with Gasteiger partial charge in [0.25, 0.3) is 11.8 Å². The molecule has 2 amide bonds. The van der Waals surface area contributed by atoms with Crippen LogP contribution in [0.1, 0.15) is 11.1 Å². The van der Waals surface area contributed by atoms with E-state index in [0.717, 1.165) is 15.8 Å². The average Bonchev–Trinajstić information content (AvgIpc) is 2.88. The van der Waals surface area contributed by atoms with E-state index >= 15 is 0 Å². The molecule has 1 aliphatic heterocycles. The maximum absolute atomic E-state index is 13.3. The monoisotopic (exact) mass is 610 g/mol. The Balaban J connectivity index is 1.37. The molecule has 0 bridgehead atoms. The Hall–Kier alpha value is -3.23. The van der Waals surface area contributed by atoms with E-state index in [1.807, 2.05) is 18.2 Å². The summed E-state index contributed by atoms with van der Waals surface area (Å²) in [4.78, 5) is 27.1. The van der Waals surface area contributed by atoms with Gasteiger partial charge in [0.2, 0.25) is 0 Å². The molecule has 4 aromatic carbocycles. The fourth-order valence-electron chi connectivity index (χ4n) is 3.92. The van der Waals surface area contributed by atoms with Crippen LogP contribution in [-0.4, -0.2) is 16.9 Å². The number of hydrogen-bond donors (Lipinski definition) is 1. The SMILES string of the molecule is O=C1NC(=S)N(c2cccc(Cl)c2Cl)C(=O)/C1=C/c1ccc(OCc2ccc3ccccc3c2)c(Br)c1. The molecule has 0 aromatic heterocycles. The standard InChI is InChI=1S/C28H17BrCl2N2O3S/c29-21-14-16(9-11-24(21)36-15-17-8-10-18-4-1-2-5-19(18)12-17)13-20-26(34)32-28(37)33(27(20)35)23-7-3-6-22(30)25(23)31/h1-14H,15H2,(H,32,34,37)/b20-13+. The molecule has 1 N–H and O–H groups in total. The minimum Gasteiger partial charge on any atom is -0.488 e. The summed E-state index contributed by atoms with van der Waals surface area (Å²) in [7, 11) is 0. The summed E-state index contributed by atoms with van der Waals surface area (Å²) in [5.74, 6) is -0.578. The highest BCUT2D eigenvalue weighted by Crippen LogP contribution is 2.35. The van der Waals surface area contributed by atoms with Crippen molar-refractivity contribution in [3.05, 3.63) is 110 Å². The molecular formula is C28H17BrCl2N2O3S. The van der Waals surface area contributed by atoms with Crippen LogP contribution in [0, 0.1) is 0 Å². The first-order chi connectivity index (χ1) is 17.8. The Morgan fingerprint density at radius 1 is 0.946 bits per heavy atom. The molecule has 0 atom stereocenters. The van der Waals surface area contributed by atoms with Crippen LogP contribution in [0.25, 0.3) is 16.8 Å². The second kappa shape index (κ2) is 10.6. The molecule has 1 saturated heterocycles. The van der Waals surface area contributed by atoms with Crippen LogP contribution in [0.15, 0.2) is 88.9 Å². The molecule has 5 rings (SSSR count). The van der Waals surface area contributed by atoms with Crippen LogP contribution < -0.4 is 15.0 Å². The Labute approximate surface area is 236 Å². The second-order valence-corrected chi connectivity index (χ2v) is 10.2. The highest BCUT2D eigenvalue weighted by Gasteiger charge is 2.35. The van der Waals surface area contributed by atoms with Gasteiger partial charge in [-0.15, -0.1) is 0 Å². The number of halogens is 3. The molecule has 1 heterocycles. The molecule has 0 saturated carbocycles. The quantitative estimate of drug-likeness (QED) is 0.146. The van der Waals surface area contributed by atoms with Crippen molar-refractivity contribution in [2.45, 2.75) is 6.61 Å². The lowest BCUT2D eigenvalue weighted by Crippen LogP contribution is -2.54. The van der Waals surface area contributed by atoms with Crippen LogP contribution >= 0.6 is 51.3 Å². The second-order valence-electron chi connectivity index (χ2n) is 8.19. The zero-order valence-corrected chi connectivity index (χ0v) is 22.9. The van der Waals surface area contributed by atoms with Gasteiger partial charge in [-0.25, -0.2) is 0 Å². The lowest BCUT2D eigenvalue weighted by atomic mass is 10.1. The largest absolute Gasteiger partial charge is 0.488 e. The van der Waals surface area contributed by atoms with Crippen molar-refractivity contribution >= 4 is 90.8 Å². The number of nitrogens with zero attached hydrogens (tertiary/aromatic N) is 1. The maximum atomic E-state index is 13.3. The summed E-state index contributed by atoms with van der Waals surface area (Å²) in [6.07, 6.45) is 1.49. The number of carbonyl (C=O) groups excluding carboxylic acids is 2. The maximum Gasteiger partial charge on any atom is 0.270 e. The third kappa shape index (κ3) is 5.26. The fourth-order valence-corrected chi connectivity index (χ4v) is 5.09. The molecule has 0 aliphatic carbocycles. The number of benzene rings is 4. The van der Waals surface area contributed by atoms with E-state index in [2.05, 4.69) is 45.5 Å². The predicted octanol–water partition coefficient (Wildman–Crippen LogP) is 7.32. The predicted molar refractivity (Wildman–Crippen MR) is 155 cm³/mol. The van der Waals surface area contributed by atoms with Gasteiger partial charge in [-0.2, -0.15) is 0 Å². The number of amides is 2. The van der Waals surface area contributed by atoms with Gasteiger partial charge < -0.3 is 4.74 Å². The Kier molecular flexibility index (Phi) is 7.31. The van der Waals surface area contributed by atoms with E-state index in [4.69, 9.17) is 40.2 Å². The Morgan fingerprint density at radius 2 is 1.73 bits per heavy atom. The Bertz CT molecular complexity index is 1620. The lowest BCUT2D eigenvalue weighted by molar-refractivity contribution is -0.122. The van der Waals surface area contributed by atoms with Gasteiger partial charge in [0, 0.05) is 0 Å². The van der Waals surface area contributed by atoms with Gasteiger partial charge in [0.15, 0.2) is 5.11 Å². The zero-order valence-electron chi connectivity index (χ0n) is 19.0. The summed E-state index contributed by atoms with van der Waals surface area (Å²) in [6, 6.07) is 24.5. The smallest absolute Gasteiger partial charge is 0.270 e. The highest BCUT2D eigenvalue weighted by atomic mass is 79.9. The minimum atomic E-state index is -0.606. The van der Waals surface area contributed by atoms with Crippen LogP contribution in [0.2, 0.25) is 10.0 Å². The highest BCUT2D eigenvalue weighted by molar-refractivity contribution is 9.10. The number of anilines is 1. The third-order valence-electron chi connectivity index (χ3n) is 5.75. The first-order valence-corrected chi connectivity index (χ1v) is 13.0. The van der Waals surface area contributed by atoms with Crippen molar-refractivity contribution in [2.75, 3.05) is 4.90 Å². The van der Waals surface area contributed by atoms with Crippen LogP contribution in [0.4, 0.5) is 5.69 Å². The van der Waals surface area contributed by atoms with Crippen molar-refractivity contribution in [2.24, 2.45) is 0 Å². The molecule has 0 unspecified atom stereocenters. The number of nitrogens with one attached hydrogen (secondary N) is 1. The van der Waals surface area contributed by atoms with E-state index in [9.17, 15) is 9.59 Å². The van der Waals surface area contributed by atoms with Crippen LogP contribution in [0.3, 0.4) is 0 Å². The number of fused-ring (bicyclic) bond motifs is 1. The molecule has 1 aliphatic rings. The van der Waals surface area contributed by atoms with Gasteiger partial charge in [-0.05, 0) is 86.5 Å². The molecule has 184 valence electrons. The lowest BCUT2D eigenvalue weighted by Gasteiger charge is -2.29. The number of ether oxygens (including phenoxy) is 1. The summed E-state index contributed by atoms with van der Waals surface area (Å²) in [5, 5.41) is 5.21. The van der Waals surface area contributed by atoms with Crippen LogP contribution in [0.5, 0.6) is 5.75 Å².